The number of rotatable bonds is 3. The minimum absolute atomic E-state index is 0.184. The van der Waals surface area contributed by atoms with Crippen LogP contribution in [0.15, 0.2) is 48.5 Å². The van der Waals surface area contributed by atoms with Crippen LogP contribution in [0.1, 0.15) is 47.4 Å². The molecule has 0 atom stereocenters. The number of nitrogens with zero attached hydrogens (tertiary/aromatic N) is 1. The highest BCUT2D eigenvalue weighted by Gasteiger charge is 2.53. The van der Waals surface area contributed by atoms with Gasteiger partial charge in [0.25, 0.3) is 0 Å². The Morgan fingerprint density at radius 2 is 1.50 bits per heavy atom. The van der Waals surface area contributed by atoms with Gasteiger partial charge in [-0.25, -0.2) is 0 Å². The molecule has 1 saturated heterocycles. The summed E-state index contributed by atoms with van der Waals surface area (Å²) in [6, 6.07) is 18.2. The van der Waals surface area contributed by atoms with Crippen molar-refractivity contribution in [2.45, 2.75) is 30.6 Å². The van der Waals surface area contributed by atoms with Crippen LogP contribution in [0.5, 0.6) is 0 Å². The Hall–Kier alpha value is -1.64. The first-order valence-corrected chi connectivity index (χ1v) is 9.34. The zero-order valence-corrected chi connectivity index (χ0v) is 14.1. The molecule has 1 N–H and O–H groups in total. The van der Waals surface area contributed by atoms with Crippen molar-refractivity contribution < 1.29 is 5.11 Å². The molecule has 2 bridgehead atoms. The lowest BCUT2D eigenvalue weighted by Gasteiger charge is -2.39. The van der Waals surface area contributed by atoms with Crippen molar-refractivity contribution in [1.29, 1.82) is 0 Å². The van der Waals surface area contributed by atoms with Crippen molar-refractivity contribution in [1.82, 2.24) is 4.90 Å². The van der Waals surface area contributed by atoms with Crippen molar-refractivity contribution in [2.24, 2.45) is 5.92 Å². The quantitative estimate of drug-likeness (QED) is 0.935. The van der Waals surface area contributed by atoms with Gasteiger partial charge in [0.2, 0.25) is 0 Å². The van der Waals surface area contributed by atoms with E-state index < -0.39 is 0 Å². The SMILES string of the molecule is OCC1CCN(CC23CC(c4ccccc42)c2ccccc23)CC1. The van der Waals surface area contributed by atoms with E-state index in [-0.39, 0.29) is 5.41 Å². The first-order valence-electron chi connectivity index (χ1n) is 9.34. The molecule has 24 heavy (non-hydrogen) atoms. The van der Waals surface area contributed by atoms with Gasteiger partial charge < -0.3 is 10.0 Å². The van der Waals surface area contributed by atoms with E-state index in [1.54, 1.807) is 22.3 Å². The maximum absolute atomic E-state index is 9.41. The lowest BCUT2D eigenvalue weighted by molar-refractivity contribution is 0.118. The van der Waals surface area contributed by atoms with Gasteiger partial charge in [0.15, 0.2) is 0 Å². The molecular weight excluding hydrogens is 294 g/mol. The summed E-state index contributed by atoms with van der Waals surface area (Å²) in [6.07, 6.45) is 3.52. The molecular formula is C22H25NO. The van der Waals surface area contributed by atoms with E-state index in [1.165, 1.54) is 6.42 Å². The van der Waals surface area contributed by atoms with E-state index >= 15 is 0 Å². The van der Waals surface area contributed by atoms with Crippen LogP contribution in [-0.4, -0.2) is 36.2 Å². The second-order valence-corrected chi connectivity index (χ2v) is 7.92. The summed E-state index contributed by atoms with van der Waals surface area (Å²) in [7, 11) is 0. The molecule has 2 aromatic carbocycles. The highest BCUT2D eigenvalue weighted by molar-refractivity contribution is 5.62. The van der Waals surface area contributed by atoms with Gasteiger partial charge in [0.05, 0.1) is 0 Å². The highest BCUT2D eigenvalue weighted by atomic mass is 16.3. The molecule has 2 aromatic rings. The summed E-state index contributed by atoms with van der Waals surface area (Å²) in [5.41, 5.74) is 6.43. The summed E-state index contributed by atoms with van der Waals surface area (Å²) < 4.78 is 0. The molecule has 124 valence electrons. The zero-order chi connectivity index (χ0) is 16.1. The Labute approximate surface area is 144 Å². The predicted molar refractivity (Wildman–Crippen MR) is 96.4 cm³/mol. The summed E-state index contributed by atoms with van der Waals surface area (Å²) >= 11 is 0. The molecule has 1 heterocycles. The van der Waals surface area contributed by atoms with E-state index in [9.17, 15) is 5.11 Å². The van der Waals surface area contributed by atoms with Crippen LogP contribution in [-0.2, 0) is 5.41 Å². The monoisotopic (exact) mass is 319 g/mol. The fourth-order valence-corrected chi connectivity index (χ4v) is 5.52. The fourth-order valence-electron chi connectivity index (χ4n) is 5.52. The van der Waals surface area contributed by atoms with E-state index in [0.29, 0.717) is 18.4 Å². The van der Waals surface area contributed by atoms with Crippen LogP contribution >= 0.6 is 0 Å². The Kier molecular flexibility index (Phi) is 3.33. The molecule has 2 heteroatoms. The normalized spacial score (nSPS) is 28.8. The molecule has 0 aromatic heterocycles. The standard InChI is InChI=1S/C22H25NO/c24-14-16-9-11-23(12-10-16)15-22-13-19(17-5-1-3-7-20(17)22)18-6-2-4-8-21(18)22/h1-8,16,19,24H,9-15H2. The second kappa shape index (κ2) is 5.44. The number of fused-ring (bicyclic) bond motifs is 8. The molecule has 1 fully saturated rings. The van der Waals surface area contributed by atoms with Crippen LogP contribution in [0.2, 0.25) is 0 Å². The lowest BCUT2D eigenvalue weighted by Crippen LogP contribution is -2.44. The summed E-state index contributed by atoms with van der Waals surface area (Å²) in [5, 5.41) is 9.41. The second-order valence-electron chi connectivity index (χ2n) is 7.92. The molecule has 2 aliphatic carbocycles. The Morgan fingerprint density at radius 1 is 0.917 bits per heavy atom. The van der Waals surface area contributed by atoms with Crippen molar-refractivity contribution >= 4 is 0 Å². The van der Waals surface area contributed by atoms with E-state index in [0.717, 1.165) is 32.5 Å². The molecule has 0 amide bonds. The molecule has 0 unspecified atom stereocenters. The number of hydrogen-bond donors (Lipinski definition) is 1. The third kappa shape index (κ3) is 1.96. The smallest absolute Gasteiger partial charge is 0.0460 e. The van der Waals surface area contributed by atoms with E-state index in [2.05, 4.69) is 53.4 Å². The van der Waals surface area contributed by atoms with Gasteiger partial charge in [-0.1, -0.05) is 48.5 Å². The Bertz CT molecular complexity index is 713. The average Bonchev–Trinajstić information content (AvgIpc) is 3.15. The van der Waals surface area contributed by atoms with Gasteiger partial charge in [0.1, 0.15) is 0 Å². The minimum Gasteiger partial charge on any atom is -0.396 e. The van der Waals surface area contributed by atoms with Gasteiger partial charge in [0, 0.05) is 24.5 Å². The van der Waals surface area contributed by atoms with Crippen LogP contribution in [0.25, 0.3) is 0 Å². The molecule has 0 radical (unpaired) electrons. The van der Waals surface area contributed by atoms with E-state index in [1.807, 2.05) is 0 Å². The third-order valence-electron chi connectivity index (χ3n) is 6.72. The number of aliphatic hydroxyl groups is 1. The van der Waals surface area contributed by atoms with E-state index in [4.69, 9.17) is 0 Å². The minimum atomic E-state index is 0.184. The molecule has 0 spiro atoms. The fraction of sp³-hybridized carbons (Fsp3) is 0.455. The first-order chi connectivity index (χ1) is 11.8. The Morgan fingerprint density at radius 3 is 2.08 bits per heavy atom. The first kappa shape index (κ1) is 14.7. The number of likely N-dealkylation sites (tertiary alicyclic amines) is 1. The predicted octanol–water partition coefficient (Wildman–Crippen LogP) is 3.53. The van der Waals surface area contributed by atoms with Crippen LogP contribution in [0, 0.1) is 5.92 Å². The molecule has 3 aliphatic rings. The van der Waals surface area contributed by atoms with Gasteiger partial charge >= 0.3 is 0 Å². The number of piperidine rings is 1. The maximum Gasteiger partial charge on any atom is 0.0460 e. The number of hydrogen-bond acceptors (Lipinski definition) is 2. The molecule has 2 nitrogen and oxygen atoms in total. The Balaban J connectivity index is 1.53. The molecule has 5 rings (SSSR count). The number of benzene rings is 2. The van der Waals surface area contributed by atoms with Gasteiger partial charge in [-0.3, -0.25) is 0 Å². The van der Waals surface area contributed by atoms with Gasteiger partial charge in [-0.2, -0.15) is 0 Å². The third-order valence-corrected chi connectivity index (χ3v) is 6.72. The average molecular weight is 319 g/mol. The van der Waals surface area contributed by atoms with Crippen molar-refractivity contribution in [3.05, 3.63) is 70.8 Å². The molecule has 0 saturated carbocycles. The van der Waals surface area contributed by atoms with Crippen LogP contribution in [0.3, 0.4) is 0 Å². The van der Waals surface area contributed by atoms with Crippen molar-refractivity contribution in [2.75, 3.05) is 26.2 Å². The summed E-state index contributed by atoms with van der Waals surface area (Å²) in [4.78, 5) is 2.65. The lowest BCUT2D eigenvalue weighted by atomic mass is 9.74. The largest absolute Gasteiger partial charge is 0.396 e. The summed E-state index contributed by atoms with van der Waals surface area (Å²) in [5.74, 6) is 1.10. The van der Waals surface area contributed by atoms with Crippen LogP contribution in [0.4, 0.5) is 0 Å². The number of aliphatic hydroxyl groups excluding tert-OH is 1. The molecule has 1 aliphatic heterocycles. The zero-order valence-electron chi connectivity index (χ0n) is 14.1. The van der Waals surface area contributed by atoms with Crippen molar-refractivity contribution in [3.8, 4) is 0 Å². The van der Waals surface area contributed by atoms with Gasteiger partial charge in [-0.15, -0.1) is 0 Å². The van der Waals surface area contributed by atoms with Gasteiger partial charge in [-0.05, 0) is 60.5 Å². The maximum atomic E-state index is 9.41. The topological polar surface area (TPSA) is 23.5 Å². The van der Waals surface area contributed by atoms with Crippen molar-refractivity contribution in [3.63, 3.8) is 0 Å². The summed E-state index contributed by atoms with van der Waals surface area (Å²) in [6.45, 7) is 3.74. The highest BCUT2D eigenvalue weighted by Crippen LogP contribution is 2.60. The van der Waals surface area contributed by atoms with Crippen LogP contribution < -0.4 is 0 Å².